The van der Waals surface area contributed by atoms with Crippen LogP contribution >= 0.6 is 0 Å². The predicted octanol–water partition coefficient (Wildman–Crippen LogP) is 1.28. The molecule has 0 atom stereocenters. The Kier molecular flexibility index (Phi) is 7.18. The molecule has 3 heterocycles. The number of carbonyl (C=O) groups is 1. The number of pyridine rings is 1. The molecule has 2 aromatic rings. The first-order chi connectivity index (χ1) is 14.1. The van der Waals surface area contributed by atoms with Crippen LogP contribution in [0.4, 0.5) is 10.6 Å². The second-order valence-corrected chi connectivity index (χ2v) is 6.99. The molecule has 1 saturated heterocycles. The molecule has 0 aromatic carbocycles. The minimum absolute atomic E-state index is 0.0752. The van der Waals surface area contributed by atoms with E-state index in [-0.39, 0.29) is 17.6 Å². The van der Waals surface area contributed by atoms with E-state index in [2.05, 4.69) is 27.2 Å². The van der Waals surface area contributed by atoms with Crippen molar-refractivity contribution in [1.29, 1.82) is 0 Å². The molecule has 0 spiro atoms. The number of urea groups is 1. The van der Waals surface area contributed by atoms with E-state index >= 15 is 0 Å². The van der Waals surface area contributed by atoms with Crippen molar-refractivity contribution in [2.24, 2.45) is 0 Å². The Balaban J connectivity index is 1.64. The Bertz CT molecular complexity index is 905. The Labute approximate surface area is 169 Å². The zero-order chi connectivity index (χ0) is 20.6. The minimum atomic E-state index is -0.168. The van der Waals surface area contributed by atoms with Crippen molar-refractivity contribution in [3.63, 3.8) is 0 Å². The van der Waals surface area contributed by atoms with Gasteiger partial charge in [0.05, 0.1) is 0 Å². The van der Waals surface area contributed by atoms with Gasteiger partial charge in [0.25, 0.3) is 5.56 Å². The van der Waals surface area contributed by atoms with Gasteiger partial charge in [-0.15, -0.1) is 6.58 Å². The molecule has 0 radical (unpaired) electrons. The van der Waals surface area contributed by atoms with Crippen LogP contribution in [-0.4, -0.2) is 60.0 Å². The lowest BCUT2D eigenvalue weighted by Gasteiger charge is -2.33. The van der Waals surface area contributed by atoms with Crippen LogP contribution in [0.15, 0.2) is 35.8 Å². The molecule has 9 nitrogen and oxygen atoms in total. The molecule has 1 aliphatic heterocycles. The van der Waals surface area contributed by atoms with Gasteiger partial charge in [0.1, 0.15) is 5.52 Å². The van der Waals surface area contributed by atoms with E-state index in [1.165, 1.54) is 0 Å². The first-order valence-electron chi connectivity index (χ1n) is 9.88. The van der Waals surface area contributed by atoms with Crippen molar-refractivity contribution in [1.82, 2.24) is 25.2 Å². The summed E-state index contributed by atoms with van der Waals surface area (Å²) in [6.45, 7) is 6.62. The van der Waals surface area contributed by atoms with Crippen molar-refractivity contribution in [2.75, 3.05) is 38.3 Å². The van der Waals surface area contributed by atoms with Gasteiger partial charge in [-0.05, 0) is 31.4 Å². The highest BCUT2D eigenvalue weighted by Crippen LogP contribution is 2.18. The van der Waals surface area contributed by atoms with Crippen LogP contribution in [0.2, 0.25) is 0 Å². The summed E-state index contributed by atoms with van der Waals surface area (Å²) >= 11 is 0. The fourth-order valence-corrected chi connectivity index (χ4v) is 3.46. The van der Waals surface area contributed by atoms with Gasteiger partial charge >= 0.3 is 6.03 Å². The lowest BCUT2D eigenvalue weighted by molar-refractivity contribution is 0.193. The van der Waals surface area contributed by atoms with E-state index in [4.69, 9.17) is 4.74 Å². The first-order valence-corrected chi connectivity index (χ1v) is 9.88. The van der Waals surface area contributed by atoms with Crippen molar-refractivity contribution >= 4 is 23.0 Å². The lowest BCUT2D eigenvalue weighted by Crippen LogP contribution is -2.49. The van der Waals surface area contributed by atoms with Crippen LogP contribution in [0.3, 0.4) is 0 Å². The van der Waals surface area contributed by atoms with Crippen LogP contribution in [-0.2, 0) is 11.3 Å². The topological polar surface area (TPSA) is 101 Å². The molecule has 1 fully saturated rings. The second-order valence-electron chi connectivity index (χ2n) is 6.99. The van der Waals surface area contributed by atoms with Gasteiger partial charge in [0.15, 0.2) is 11.5 Å². The third-order valence-corrected chi connectivity index (χ3v) is 4.94. The highest BCUT2D eigenvalue weighted by atomic mass is 16.5. The summed E-state index contributed by atoms with van der Waals surface area (Å²) in [5, 5.41) is 5.83. The number of rotatable bonds is 8. The van der Waals surface area contributed by atoms with E-state index in [9.17, 15) is 9.59 Å². The summed E-state index contributed by atoms with van der Waals surface area (Å²) in [5.74, 6) is 0.426. The number of aromatic nitrogens is 3. The van der Waals surface area contributed by atoms with Gasteiger partial charge in [-0.25, -0.2) is 14.8 Å². The number of nitrogens with one attached hydrogen (secondary N) is 2. The molecular formula is C20H28N6O3. The second kappa shape index (κ2) is 10.0. The number of ether oxygens (including phenoxy) is 1. The smallest absolute Gasteiger partial charge is 0.315 e. The zero-order valence-corrected chi connectivity index (χ0v) is 16.8. The molecule has 29 heavy (non-hydrogen) atoms. The van der Waals surface area contributed by atoms with Gasteiger partial charge in [-0.1, -0.05) is 6.08 Å². The van der Waals surface area contributed by atoms with E-state index in [1.807, 2.05) is 17.0 Å². The zero-order valence-electron chi connectivity index (χ0n) is 16.8. The number of allylic oxidation sites excluding steroid dienone is 1. The van der Waals surface area contributed by atoms with Crippen molar-refractivity contribution in [2.45, 2.75) is 31.8 Å². The number of piperidine rings is 1. The van der Waals surface area contributed by atoms with Gasteiger partial charge in [-0.2, -0.15) is 0 Å². The Hall–Kier alpha value is -2.94. The summed E-state index contributed by atoms with van der Waals surface area (Å²) in [6.07, 6.45) is 5.61. The average Bonchev–Trinajstić information content (AvgIpc) is 2.74. The summed E-state index contributed by atoms with van der Waals surface area (Å²) in [6, 6.07) is 3.57. The summed E-state index contributed by atoms with van der Waals surface area (Å²) < 4.78 is 6.57. The van der Waals surface area contributed by atoms with Crippen LogP contribution in [0.5, 0.6) is 0 Å². The number of hydrogen-bond donors (Lipinski definition) is 2. The van der Waals surface area contributed by atoms with Crippen LogP contribution in [0.1, 0.15) is 19.3 Å². The molecular weight excluding hydrogens is 372 g/mol. The van der Waals surface area contributed by atoms with Gasteiger partial charge in [0.2, 0.25) is 0 Å². The number of amides is 2. The summed E-state index contributed by atoms with van der Waals surface area (Å²) in [4.78, 5) is 35.8. The molecule has 156 valence electrons. The quantitative estimate of drug-likeness (QED) is 0.511. The third kappa shape index (κ3) is 5.11. The molecule has 2 aromatic heterocycles. The summed E-state index contributed by atoms with van der Waals surface area (Å²) in [7, 11) is 1.64. The van der Waals surface area contributed by atoms with Crippen LogP contribution < -0.4 is 21.1 Å². The molecule has 2 amide bonds. The van der Waals surface area contributed by atoms with Gasteiger partial charge in [-0.3, -0.25) is 9.36 Å². The number of methoxy groups -OCH3 is 1. The Morgan fingerprint density at radius 3 is 2.93 bits per heavy atom. The van der Waals surface area contributed by atoms with Crippen molar-refractivity contribution in [3.05, 3.63) is 41.3 Å². The maximum atomic E-state index is 13.0. The molecule has 9 heteroatoms. The fourth-order valence-electron chi connectivity index (χ4n) is 3.46. The van der Waals surface area contributed by atoms with E-state index < -0.39 is 0 Å². The number of carbonyl (C=O) groups excluding carboxylic acids is 1. The molecule has 3 rings (SSSR count). The van der Waals surface area contributed by atoms with E-state index in [0.717, 1.165) is 19.3 Å². The van der Waals surface area contributed by atoms with Gasteiger partial charge < -0.3 is 20.3 Å². The Morgan fingerprint density at radius 2 is 2.21 bits per heavy atom. The van der Waals surface area contributed by atoms with Crippen LogP contribution in [0.25, 0.3) is 11.2 Å². The maximum absolute atomic E-state index is 13.0. The highest BCUT2D eigenvalue weighted by Gasteiger charge is 2.24. The molecule has 0 saturated carbocycles. The molecule has 0 aliphatic carbocycles. The number of anilines is 1. The largest absolute Gasteiger partial charge is 0.385 e. The minimum Gasteiger partial charge on any atom is -0.385 e. The highest BCUT2D eigenvalue weighted by molar-refractivity contribution is 5.74. The molecule has 2 N–H and O–H groups in total. The van der Waals surface area contributed by atoms with E-state index in [1.54, 1.807) is 23.9 Å². The summed E-state index contributed by atoms with van der Waals surface area (Å²) in [5.41, 5.74) is 1.07. The molecule has 0 unspecified atom stereocenters. The maximum Gasteiger partial charge on any atom is 0.315 e. The van der Waals surface area contributed by atoms with Gasteiger partial charge in [0, 0.05) is 52.1 Å². The first kappa shape index (κ1) is 20.8. The van der Waals surface area contributed by atoms with Crippen molar-refractivity contribution in [3.8, 4) is 0 Å². The standard InChI is InChI=1S/C20H28N6O3/c1-3-11-26-17-16(6-4-9-21-17)24-18(19(26)27)25-12-7-15(8-13-25)23-20(28)22-10-5-14-29-2/h3-4,6,9,15H,1,5,7-8,10-14H2,2H3,(H2,22,23,28). The molecule has 0 bridgehead atoms. The monoisotopic (exact) mass is 400 g/mol. The fraction of sp³-hybridized carbons (Fsp3) is 0.500. The van der Waals surface area contributed by atoms with Crippen molar-refractivity contribution < 1.29 is 9.53 Å². The average molecular weight is 400 g/mol. The normalized spacial score (nSPS) is 14.7. The number of hydrogen-bond acceptors (Lipinski definition) is 6. The number of fused-ring (bicyclic) bond motifs is 1. The molecule has 1 aliphatic rings. The van der Waals surface area contributed by atoms with Crippen LogP contribution in [0, 0.1) is 0 Å². The number of nitrogens with zero attached hydrogens (tertiary/aromatic N) is 4. The SMILES string of the molecule is C=CCn1c(=O)c(N2CCC(NC(=O)NCCCOC)CC2)nc2cccnc21. The predicted molar refractivity (Wildman–Crippen MR) is 112 cm³/mol. The van der Waals surface area contributed by atoms with E-state index in [0.29, 0.717) is 49.8 Å². The third-order valence-electron chi connectivity index (χ3n) is 4.94. The Morgan fingerprint density at radius 1 is 1.41 bits per heavy atom. The lowest BCUT2D eigenvalue weighted by atomic mass is 10.1.